The van der Waals surface area contributed by atoms with Gasteiger partial charge in [-0.15, -0.1) is 0 Å². The molecule has 0 N–H and O–H groups in total. The van der Waals surface area contributed by atoms with Crippen molar-refractivity contribution in [3.05, 3.63) is 47.6 Å². The van der Waals surface area contributed by atoms with Crippen LogP contribution >= 0.6 is 0 Å². The van der Waals surface area contributed by atoms with Gasteiger partial charge in [-0.05, 0) is 23.3 Å². The first-order valence-electron chi connectivity index (χ1n) is 6.38. The van der Waals surface area contributed by atoms with Gasteiger partial charge in [-0.25, -0.2) is 8.42 Å². The molecule has 2 atom stereocenters. The van der Waals surface area contributed by atoms with Gasteiger partial charge in [0.15, 0.2) is 0 Å². The topological polar surface area (TPSA) is 61.2 Å². The Morgan fingerprint density at radius 2 is 1.95 bits per heavy atom. The number of hydrogen-bond donors (Lipinski definition) is 0. The van der Waals surface area contributed by atoms with Crippen LogP contribution in [0, 0.1) is 17.2 Å². The van der Waals surface area contributed by atoms with E-state index >= 15 is 0 Å². The van der Waals surface area contributed by atoms with E-state index < -0.39 is 10.0 Å². The van der Waals surface area contributed by atoms with Crippen LogP contribution in [0.4, 0.5) is 0 Å². The fourth-order valence-electron chi connectivity index (χ4n) is 3.00. The first-order chi connectivity index (χ1) is 9.48. The molecule has 1 heterocycles. The molecular weight excluding hydrogens is 272 g/mol. The monoisotopic (exact) mass is 286 g/mol. The number of sulfonamides is 1. The van der Waals surface area contributed by atoms with E-state index in [9.17, 15) is 8.42 Å². The molecule has 2 aliphatic rings. The summed E-state index contributed by atoms with van der Waals surface area (Å²) in [7, 11) is -1.92. The second kappa shape index (κ2) is 4.30. The zero-order valence-corrected chi connectivity index (χ0v) is 12.1. The molecule has 0 radical (unpaired) electrons. The quantitative estimate of drug-likeness (QED) is 0.734. The van der Waals surface area contributed by atoms with Crippen LogP contribution in [-0.4, -0.2) is 25.8 Å². The lowest BCUT2D eigenvalue weighted by Gasteiger charge is -2.40. The lowest BCUT2D eigenvalue weighted by atomic mass is 9.81. The molecule has 0 saturated heterocycles. The summed E-state index contributed by atoms with van der Waals surface area (Å²) < 4.78 is 26.6. The summed E-state index contributed by atoms with van der Waals surface area (Å²) in [5.41, 5.74) is 2.32. The molecule has 0 aromatic heterocycles. The summed E-state index contributed by atoms with van der Waals surface area (Å²) in [4.78, 5) is 0.339. The highest BCUT2D eigenvalue weighted by Crippen LogP contribution is 2.42. The molecular formula is C15H14N2O2S. The standard InChI is InChI=1S/C15H14N2O2S/c1-10-11(9-16)7-8-13-12-5-3-4-6-14(12)20(18,19)17(2)15(10)13/h3-8,10,15H,1-2H3/t10-,15+/m1/s1. The minimum atomic E-state index is -3.50. The Morgan fingerprint density at radius 3 is 2.65 bits per heavy atom. The molecule has 5 heteroatoms. The van der Waals surface area contributed by atoms with Crippen LogP contribution in [0.3, 0.4) is 0 Å². The van der Waals surface area contributed by atoms with E-state index in [1.54, 1.807) is 25.3 Å². The van der Waals surface area contributed by atoms with Crippen molar-refractivity contribution in [3.8, 4) is 6.07 Å². The van der Waals surface area contributed by atoms with Gasteiger partial charge in [0.25, 0.3) is 0 Å². The molecule has 1 aliphatic carbocycles. The summed E-state index contributed by atoms with van der Waals surface area (Å²) in [5, 5.41) is 9.15. The zero-order valence-electron chi connectivity index (χ0n) is 11.2. The normalized spacial score (nSPS) is 27.6. The Morgan fingerprint density at radius 1 is 1.25 bits per heavy atom. The third-order valence-corrected chi connectivity index (χ3v) is 6.00. The molecule has 3 rings (SSSR count). The van der Waals surface area contributed by atoms with E-state index in [0.29, 0.717) is 10.5 Å². The van der Waals surface area contributed by atoms with Crippen LogP contribution in [0.5, 0.6) is 0 Å². The van der Waals surface area contributed by atoms with Crippen LogP contribution in [0.15, 0.2) is 46.9 Å². The first kappa shape index (κ1) is 13.1. The van der Waals surface area contributed by atoms with Crippen molar-refractivity contribution in [2.75, 3.05) is 7.05 Å². The van der Waals surface area contributed by atoms with Gasteiger partial charge in [-0.2, -0.15) is 9.57 Å². The number of hydrogen-bond acceptors (Lipinski definition) is 3. The summed E-state index contributed by atoms with van der Waals surface area (Å²) in [6.07, 6.45) is 3.66. The SMILES string of the molecule is C[C@@H]1C(C#N)=CC=C2c3ccccc3S(=O)(=O)N(C)[C@H]21. The number of fused-ring (bicyclic) bond motifs is 3. The van der Waals surface area contributed by atoms with Crippen molar-refractivity contribution in [1.82, 2.24) is 4.31 Å². The van der Waals surface area contributed by atoms with Gasteiger partial charge in [-0.1, -0.05) is 31.2 Å². The average molecular weight is 286 g/mol. The highest BCUT2D eigenvalue weighted by molar-refractivity contribution is 7.89. The van der Waals surface area contributed by atoms with Gasteiger partial charge in [0.1, 0.15) is 0 Å². The summed E-state index contributed by atoms with van der Waals surface area (Å²) in [6, 6.07) is 8.87. The third-order valence-electron chi connectivity index (χ3n) is 4.10. The average Bonchev–Trinajstić information content (AvgIpc) is 2.45. The first-order valence-corrected chi connectivity index (χ1v) is 7.82. The molecule has 0 fully saturated rings. The fraction of sp³-hybridized carbons (Fsp3) is 0.267. The highest BCUT2D eigenvalue weighted by Gasteiger charge is 2.43. The van der Waals surface area contributed by atoms with E-state index in [-0.39, 0.29) is 12.0 Å². The lowest BCUT2D eigenvalue weighted by molar-refractivity contribution is 0.361. The third kappa shape index (κ3) is 1.59. The van der Waals surface area contributed by atoms with Gasteiger partial charge in [0, 0.05) is 18.5 Å². The Balaban J connectivity index is 2.32. The lowest BCUT2D eigenvalue weighted by Crippen LogP contribution is -2.46. The molecule has 1 aromatic rings. The van der Waals surface area contributed by atoms with Gasteiger partial charge >= 0.3 is 0 Å². The Bertz CT molecular complexity index is 784. The van der Waals surface area contributed by atoms with Gasteiger partial charge in [0.2, 0.25) is 10.0 Å². The van der Waals surface area contributed by atoms with Crippen LogP contribution < -0.4 is 0 Å². The van der Waals surface area contributed by atoms with Crippen molar-refractivity contribution in [3.63, 3.8) is 0 Å². The number of allylic oxidation sites excluding steroid dienone is 2. The van der Waals surface area contributed by atoms with Crippen molar-refractivity contribution >= 4 is 15.6 Å². The van der Waals surface area contributed by atoms with Gasteiger partial charge in [0.05, 0.1) is 17.0 Å². The maximum atomic E-state index is 12.6. The molecule has 1 aliphatic heterocycles. The Kier molecular flexibility index (Phi) is 2.82. The molecule has 0 unspecified atom stereocenters. The Labute approximate surface area is 118 Å². The highest BCUT2D eigenvalue weighted by atomic mass is 32.2. The van der Waals surface area contributed by atoms with Gasteiger partial charge in [-0.3, -0.25) is 0 Å². The predicted molar refractivity (Wildman–Crippen MR) is 76.0 cm³/mol. The molecule has 20 heavy (non-hydrogen) atoms. The fourth-order valence-corrected chi connectivity index (χ4v) is 4.62. The van der Waals surface area contributed by atoms with E-state index in [0.717, 1.165) is 11.1 Å². The zero-order chi connectivity index (χ0) is 14.5. The van der Waals surface area contributed by atoms with Crippen molar-refractivity contribution in [1.29, 1.82) is 5.26 Å². The molecule has 102 valence electrons. The number of nitrogens with zero attached hydrogens (tertiary/aromatic N) is 2. The van der Waals surface area contributed by atoms with E-state index in [1.807, 2.05) is 25.1 Å². The summed E-state index contributed by atoms with van der Waals surface area (Å²) in [5.74, 6) is -0.145. The second-order valence-corrected chi connectivity index (χ2v) is 7.07. The number of rotatable bonds is 0. The summed E-state index contributed by atoms with van der Waals surface area (Å²) >= 11 is 0. The minimum Gasteiger partial charge on any atom is -0.207 e. The maximum absolute atomic E-state index is 12.6. The van der Waals surface area contributed by atoms with E-state index in [4.69, 9.17) is 5.26 Å². The predicted octanol–water partition coefficient (Wildman–Crippen LogP) is 2.17. The van der Waals surface area contributed by atoms with Crippen LogP contribution in [0.1, 0.15) is 12.5 Å². The molecule has 0 spiro atoms. The summed E-state index contributed by atoms with van der Waals surface area (Å²) in [6.45, 7) is 1.90. The Hall–Kier alpha value is -1.90. The number of likely N-dealkylation sites (N-methyl/N-ethyl adjacent to an activating group) is 1. The number of nitriles is 1. The molecule has 1 aromatic carbocycles. The molecule has 0 bridgehead atoms. The molecule has 4 nitrogen and oxygen atoms in total. The number of benzene rings is 1. The second-order valence-electron chi connectivity index (χ2n) is 5.11. The van der Waals surface area contributed by atoms with E-state index in [2.05, 4.69) is 6.07 Å². The maximum Gasteiger partial charge on any atom is 0.244 e. The van der Waals surface area contributed by atoms with Crippen LogP contribution in [0.2, 0.25) is 0 Å². The van der Waals surface area contributed by atoms with Crippen molar-refractivity contribution in [2.45, 2.75) is 17.9 Å². The van der Waals surface area contributed by atoms with Crippen molar-refractivity contribution < 1.29 is 8.42 Å². The minimum absolute atomic E-state index is 0.145. The molecule has 0 amide bonds. The van der Waals surface area contributed by atoms with Crippen LogP contribution in [-0.2, 0) is 10.0 Å². The van der Waals surface area contributed by atoms with Crippen LogP contribution in [0.25, 0.3) is 5.57 Å². The van der Waals surface area contributed by atoms with Crippen molar-refractivity contribution in [2.24, 2.45) is 5.92 Å². The van der Waals surface area contributed by atoms with Gasteiger partial charge < -0.3 is 0 Å². The van der Waals surface area contributed by atoms with E-state index in [1.165, 1.54) is 4.31 Å². The smallest absolute Gasteiger partial charge is 0.207 e. The molecule has 0 saturated carbocycles. The largest absolute Gasteiger partial charge is 0.244 e.